The summed E-state index contributed by atoms with van der Waals surface area (Å²) in [7, 11) is 0. The predicted molar refractivity (Wildman–Crippen MR) is 46.9 cm³/mol. The van der Waals surface area contributed by atoms with Crippen LogP contribution < -0.4 is 0 Å². The van der Waals surface area contributed by atoms with E-state index >= 15 is 0 Å². The van der Waals surface area contributed by atoms with Gasteiger partial charge in [0, 0.05) is 18.5 Å². The maximum atomic E-state index is 12.8. The van der Waals surface area contributed by atoms with Gasteiger partial charge >= 0.3 is 0 Å². The van der Waals surface area contributed by atoms with Gasteiger partial charge < -0.3 is 4.74 Å². The van der Waals surface area contributed by atoms with Gasteiger partial charge in [0.1, 0.15) is 6.17 Å². The van der Waals surface area contributed by atoms with Gasteiger partial charge in [-0.3, -0.25) is 0 Å². The van der Waals surface area contributed by atoms with Crippen LogP contribution >= 0.6 is 15.9 Å². The first kappa shape index (κ1) is 9.46. The topological polar surface area (TPSA) is 9.23 Å². The Bertz CT molecular complexity index is 104. The van der Waals surface area contributed by atoms with Crippen molar-refractivity contribution in [2.75, 3.05) is 18.5 Å². The van der Waals surface area contributed by atoms with Crippen LogP contribution in [0.25, 0.3) is 0 Å². The second kappa shape index (κ2) is 5.09. The molecular weight excluding hydrogens is 211 g/mol. The summed E-state index contributed by atoms with van der Waals surface area (Å²) in [5.41, 5.74) is 0. The summed E-state index contributed by atoms with van der Waals surface area (Å²) in [4.78, 5) is 0. The molecule has 1 aliphatic heterocycles. The summed E-state index contributed by atoms with van der Waals surface area (Å²) in [6.45, 7) is 1.64. The van der Waals surface area contributed by atoms with Crippen molar-refractivity contribution in [1.29, 1.82) is 0 Å². The Morgan fingerprint density at radius 1 is 1.45 bits per heavy atom. The molecule has 1 aliphatic rings. The second-order valence-electron chi connectivity index (χ2n) is 3.04. The van der Waals surface area contributed by atoms with E-state index in [1.165, 1.54) is 0 Å². The van der Waals surface area contributed by atoms with E-state index in [1.807, 2.05) is 0 Å². The summed E-state index contributed by atoms with van der Waals surface area (Å²) in [6.07, 6.45) is 2.10. The Morgan fingerprint density at radius 3 is 2.64 bits per heavy atom. The summed E-state index contributed by atoms with van der Waals surface area (Å²) in [5.74, 6) is 0.552. The van der Waals surface area contributed by atoms with Gasteiger partial charge in [-0.25, -0.2) is 4.39 Å². The SMILES string of the molecule is F[C@@H](CBr)CC1CCOCC1. The molecule has 1 fully saturated rings. The van der Waals surface area contributed by atoms with E-state index in [4.69, 9.17) is 4.74 Å². The molecule has 0 bridgehead atoms. The van der Waals surface area contributed by atoms with Gasteiger partial charge in [0.25, 0.3) is 0 Å². The van der Waals surface area contributed by atoms with E-state index in [2.05, 4.69) is 15.9 Å². The van der Waals surface area contributed by atoms with Gasteiger partial charge in [-0.15, -0.1) is 0 Å². The average molecular weight is 225 g/mol. The zero-order chi connectivity index (χ0) is 8.10. The van der Waals surface area contributed by atoms with Gasteiger partial charge in [-0.2, -0.15) is 0 Å². The minimum atomic E-state index is -0.668. The highest BCUT2D eigenvalue weighted by Crippen LogP contribution is 2.21. The number of rotatable bonds is 3. The lowest BCUT2D eigenvalue weighted by atomic mass is 9.95. The molecule has 0 radical (unpaired) electrons. The summed E-state index contributed by atoms with van der Waals surface area (Å²) >= 11 is 3.14. The van der Waals surface area contributed by atoms with E-state index in [0.29, 0.717) is 17.7 Å². The van der Waals surface area contributed by atoms with Gasteiger partial charge in [0.05, 0.1) is 0 Å². The quantitative estimate of drug-likeness (QED) is 0.670. The highest BCUT2D eigenvalue weighted by atomic mass is 79.9. The molecule has 1 rings (SSSR count). The van der Waals surface area contributed by atoms with Crippen LogP contribution in [0.1, 0.15) is 19.3 Å². The van der Waals surface area contributed by atoms with Crippen LogP contribution in [-0.2, 0) is 4.74 Å². The maximum Gasteiger partial charge on any atom is 0.110 e. The van der Waals surface area contributed by atoms with Crippen LogP contribution in [0.2, 0.25) is 0 Å². The van der Waals surface area contributed by atoms with Crippen molar-refractivity contribution < 1.29 is 9.13 Å². The Morgan fingerprint density at radius 2 is 2.09 bits per heavy atom. The number of ether oxygens (including phenoxy) is 1. The summed E-state index contributed by atoms with van der Waals surface area (Å²) in [6, 6.07) is 0. The van der Waals surface area contributed by atoms with Crippen molar-refractivity contribution >= 4 is 15.9 Å². The number of hydrogen-bond acceptors (Lipinski definition) is 1. The first-order chi connectivity index (χ1) is 5.33. The smallest absolute Gasteiger partial charge is 0.110 e. The van der Waals surface area contributed by atoms with Crippen molar-refractivity contribution in [2.24, 2.45) is 5.92 Å². The Balaban J connectivity index is 2.13. The first-order valence-electron chi connectivity index (χ1n) is 4.10. The number of alkyl halides is 2. The molecule has 1 atom stereocenters. The Kier molecular flexibility index (Phi) is 4.38. The molecule has 0 amide bonds. The monoisotopic (exact) mass is 224 g/mol. The van der Waals surface area contributed by atoms with Gasteiger partial charge in [-0.1, -0.05) is 15.9 Å². The summed E-state index contributed by atoms with van der Waals surface area (Å²) < 4.78 is 18.0. The van der Waals surface area contributed by atoms with Crippen LogP contribution in [-0.4, -0.2) is 24.7 Å². The van der Waals surface area contributed by atoms with E-state index in [9.17, 15) is 4.39 Å². The van der Waals surface area contributed by atoms with E-state index in [0.717, 1.165) is 26.1 Å². The molecule has 0 spiro atoms. The van der Waals surface area contributed by atoms with Crippen LogP contribution in [0, 0.1) is 5.92 Å². The maximum absolute atomic E-state index is 12.8. The third-order valence-corrected chi connectivity index (χ3v) is 2.80. The normalized spacial score (nSPS) is 23.5. The largest absolute Gasteiger partial charge is 0.381 e. The van der Waals surface area contributed by atoms with Crippen LogP contribution in [0.5, 0.6) is 0 Å². The van der Waals surface area contributed by atoms with E-state index < -0.39 is 6.17 Å². The third-order valence-electron chi connectivity index (χ3n) is 2.10. The van der Waals surface area contributed by atoms with Crippen molar-refractivity contribution in [3.63, 3.8) is 0 Å². The fourth-order valence-corrected chi connectivity index (χ4v) is 1.67. The first-order valence-corrected chi connectivity index (χ1v) is 5.23. The lowest BCUT2D eigenvalue weighted by molar-refractivity contribution is 0.0572. The molecule has 0 aromatic carbocycles. The molecule has 0 N–H and O–H groups in total. The lowest BCUT2D eigenvalue weighted by Gasteiger charge is -2.22. The van der Waals surface area contributed by atoms with Crippen molar-refractivity contribution in [2.45, 2.75) is 25.4 Å². The second-order valence-corrected chi connectivity index (χ2v) is 3.69. The molecule has 0 saturated carbocycles. The van der Waals surface area contributed by atoms with Crippen LogP contribution in [0.15, 0.2) is 0 Å². The molecule has 0 unspecified atom stereocenters. The van der Waals surface area contributed by atoms with Crippen molar-refractivity contribution in [3.05, 3.63) is 0 Å². The van der Waals surface area contributed by atoms with Gasteiger partial charge in [-0.05, 0) is 25.2 Å². The zero-order valence-corrected chi connectivity index (χ0v) is 8.15. The number of hydrogen-bond donors (Lipinski definition) is 0. The zero-order valence-electron chi connectivity index (χ0n) is 6.56. The average Bonchev–Trinajstić information content (AvgIpc) is 2.06. The highest BCUT2D eigenvalue weighted by molar-refractivity contribution is 9.09. The van der Waals surface area contributed by atoms with Crippen molar-refractivity contribution in [3.8, 4) is 0 Å². The highest BCUT2D eigenvalue weighted by Gasteiger charge is 2.17. The van der Waals surface area contributed by atoms with E-state index in [-0.39, 0.29) is 0 Å². The molecule has 1 nitrogen and oxygen atoms in total. The van der Waals surface area contributed by atoms with E-state index in [1.54, 1.807) is 0 Å². The molecule has 66 valence electrons. The van der Waals surface area contributed by atoms with Crippen molar-refractivity contribution in [1.82, 2.24) is 0 Å². The fraction of sp³-hybridized carbons (Fsp3) is 1.00. The van der Waals surface area contributed by atoms with Crippen LogP contribution in [0.3, 0.4) is 0 Å². The predicted octanol–water partition coefficient (Wildman–Crippen LogP) is 2.54. The van der Waals surface area contributed by atoms with Gasteiger partial charge in [0.15, 0.2) is 0 Å². The fourth-order valence-electron chi connectivity index (χ4n) is 1.41. The van der Waals surface area contributed by atoms with Crippen LogP contribution in [0.4, 0.5) is 4.39 Å². The molecular formula is C8H14BrFO. The Hall–Kier alpha value is 0.370. The molecule has 0 aromatic rings. The van der Waals surface area contributed by atoms with Gasteiger partial charge in [0.2, 0.25) is 0 Å². The molecule has 11 heavy (non-hydrogen) atoms. The minimum Gasteiger partial charge on any atom is -0.381 e. The molecule has 0 aliphatic carbocycles. The Labute approximate surface area is 75.4 Å². The molecule has 1 heterocycles. The molecule has 3 heteroatoms. The summed E-state index contributed by atoms with van der Waals surface area (Å²) in [5, 5.41) is 0.477. The molecule has 1 saturated heterocycles. The lowest BCUT2D eigenvalue weighted by Crippen LogP contribution is -2.19. The number of halogens is 2. The third kappa shape index (κ3) is 3.52. The standard InChI is InChI=1S/C8H14BrFO/c9-6-8(10)5-7-1-3-11-4-2-7/h7-8H,1-6H2/t8-/m1/s1. The minimum absolute atomic E-state index is 0.477. The molecule has 0 aromatic heterocycles.